The number of ether oxygens (including phenoxy) is 1. The Morgan fingerprint density at radius 2 is 1.90 bits per heavy atom. The third-order valence-corrected chi connectivity index (χ3v) is 3.36. The molecule has 0 bridgehead atoms. The largest absolute Gasteiger partial charge is 0.494 e. The highest BCUT2D eigenvalue weighted by molar-refractivity contribution is 6.31. The third kappa shape index (κ3) is 2.78. The number of carbonyl (C=O) groups is 1. The van der Waals surface area contributed by atoms with Gasteiger partial charge in [0.1, 0.15) is 11.3 Å². The summed E-state index contributed by atoms with van der Waals surface area (Å²) in [6.07, 6.45) is 0. The molecule has 2 aromatic carbocycles. The van der Waals surface area contributed by atoms with Crippen molar-refractivity contribution in [2.24, 2.45) is 0 Å². The summed E-state index contributed by atoms with van der Waals surface area (Å²) in [6.45, 7) is 2.51. The fourth-order valence-corrected chi connectivity index (χ4v) is 2.32. The molecule has 1 aromatic heterocycles. The number of benzene rings is 2. The van der Waals surface area contributed by atoms with Gasteiger partial charge < -0.3 is 9.15 Å². The second kappa shape index (κ2) is 5.62. The maximum Gasteiger partial charge on any atom is 0.228 e. The zero-order valence-electron chi connectivity index (χ0n) is 11.4. The minimum absolute atomic E-state index is 0.162. The molecule has 4 heteroatoms. The Morgan fingerprint density at radius 3 is 2.62 bits per heavy atom. The molecule has 1 heterocycles. The quantitative estimate of drug-likeness (QED) is 0.655. The first-order chi connectivity index (χ1) is 10.2. The van der Waals surface area contributed by atoms with Gasteiger partial charge in [-0.3, -0.25) is 4.79 Å². The number of hydrogen-bond acceptors (Lipinski definition) is 3. The molecule has 0 radical (unpaired) electrons. The van der Waals surface area contributed by atoms with Crippen LogP contribution in [0, 0.1) is 0 Å². The van der Waals surface area contributed by atoms with Gasteiger partial charge in [-0.05, 0) is 55.5 Å². The van der Waals surface area contributed by atoms with E-state index in [1.54, 1.807) is 48.5 Å². The van der Waals surface area contributed by atoms with E-state index in [9.17, 15) is 4.79 Å². The van der Waals surface area contributed by atoms with Crippen molar-refractivity contribution in [3.8, 4) is 5.75 Å². The number of fused-ring (bicyclic) bond motifs is 1. The van der Waals surface area contributed by atoms with E-state index in [2.05, 4.69) is 0 Å². The summed E-state index contributed by atoms with van der Waals surface area (Å²) in [4.78, 5) is 12.4. The summed E-state index contributed by atoms with van der Waals surface area (Å²) in [5.74, 6) is 0.882. The molecular weight excluding hydrogens is 288 g/mol. The molecular formula is C17H13ClO3. The minimum Gasteiger partial charge on any atom is -0.494 e. The zero-order valence-corrected chi connectivity index (χ0v) is 12.2. The number of carbonyl (C=O) groups excluding carboxylic acids is 1. The van der Waals surface area contributed by atoms with Crippen LogP contribution in [-0.2, 0) is 0 Å². The van der Waals surface area contributed by atoms with Crippen molar-refractivity contribution in [3.63, 3.8) is 0 Å². The lowest BCUT2D eigenvalue weighted by Crippen LogP contribution is -1.99. The average molecular weight is 301 g/mol. The van der Waals surface area contributed by atoms with Crippen molar-refractivity contribution in [2.45, 2.75) is 6.92 Å². The van der Waals surface area contributed by atoms with E-state index in [1.807, 2.05) is 6.92 Å². The Labute approximate surface area is 127 Å². The fraction of sp³-hybridized carbons (Fsp3) is 0.118. The van der Waals surface area contributed by atoms with Crippen LogP contribution in [0.2, 0.25) is 5.02 Å². The van der Waals surface area contributed by atoms with Crippen molar-refractivity contribution < 1.29 is 13.9 Å². The topological polar surface area (TPSA) is 39.4 Å². The van der Waals surface area contributed by atoms with Gasteiger partial charge in [-0.25, -0.2) is 0 Å². The van der Waals surface area contributed by atoms with E-state index in [0.717, 1.165) is 11.1 Å². The highest BCUT2D eigenvalue weighted by atomic mass is 35.5. The van der Waals surface area contributed by atoms with Gasteiger partial charge in [-0.15, -0.1) is 0 Å². The Morgan fingerprint density at radius 1 is 1.14 bits per heavy atom. The molecule has 21 heavy (non-hydrogen) atoms. The van der Waals surface area contributed by atoms with Crippen LogP contribution in [0.3, 0.4) is 0 Å². The van der Waals surface area contributed by atoms with Crippen molar-refractivity contribution in [1.29, 1.82) is 0 Å². The number of furan rings is 1. The summed E-state index contributed by atoms with van der Waals surface area (Å²) in [5.41, 5.74) is 1.21. The molecule has 3 rings (SSSR count). The minimum atomic E-state index is -0.162. The maximum atomic E-state index is 12.4. The van der Waals surface area contributed by atoms with Crippen LogP contribution in [-0.4, -0.2) is 12.4 Å². The van der Waals surface area contributed by atoms with Gasteiger partial charge in [0.25, 0.3) is 0 Å². The molecule has 0 atom stereocenters. The third-order valence-electron chi connectivity index (χ3n) is 3.13. The van der Waals surface area contributed by atoms with Gasteiger partial charge >= 0.3 is 0 Å². The van der Waals surface area contributed by atoms with E-state index in [1.165, 1.54) is 0 Å². The first kappa shape index (κ1) is 13.7. The Hall–Kier alpha value is -2.26. The molecule has 3 aromatic rings. The Balaban J connectivity index is 1.92. The van der Waals surface area contributed by atoms with Crippen molar-refractivity contribution in [3.05, 3.63) is 64.9 Å². The Bertz CT molecular complexity index is 787. The molecule has 0 N–H and O–H groups in total. The lowest BCUT2D eigenvalue weighted by atomic mass is 10.1. The smallest absolute Gasteiger partial charge is 0.228 e. The van der Waals surface area contributed by atoms with Gasteiger partial charge in [0.2, 0.25) is 5.78 Å². The average Bonchev–Trinajstić information content (AvgIpc) is 2.90. The number of ketones is 1. The molecule has 0 saturated carbocycles. The molecule has 0 aliphatic rings. The molecule has 0 aliphatic carbocycles. The first-order valence-electron chi connectivity index (χ1n) is 6.64. The van der Waals surface area contributed by atoms with E-state index in [-0.39, 0.29) is 5.78 Å². The number of rotatable bonds is 4. The van der Waals surface area contributed by atoms with Crippen LogP contribution in [0.4, 0.5) is 0 Å². The summed E-state index contributed by atoms with van der Waals surface area (Å²) in [5, 5.41) is 1.43. The first-order valence-corrected chi connectivity index (χ1v) is 7.02. The van der Waals surface area contributed by atoms with Crippen molar-refractivity contribution >= 4 is 28.4 Å². The Kier molecular flexibility index (Phi) is 3.67. The predicted molar refractivity (Wildman–Crippen MR) is 82.3 cm³/mol. The van der Waals surface area contributed by atoms with E-state index in [0.29, 0.717) is 28.5 Å². The molecule has 3 nitrogen and oxygen atoms in total. The highest BCUT2D eigenvalue weighted by Crippen LogP contribution is 2.25. The number of hydrogen-bond donors (Lipinski definition) is 0. The standard InChI is InChI=1S/C17H13ClO3/c1-2-20-14-6-3-11(4-7-14)17(19)16-10-12-9-13(18)5-8-15(12)21-16/h3-10H,2H2,1H3. The lowest BCUT2D eigenvalue weighted by molar-refractivity contribution is 0.101. The van der Waals surface area contributed by atoms with Gasteiger partial charge in [0.05, 0.1) is 6.61 Å². The molecule has 0 spiro atoms. The summed E-state index contributed by atoms with van der Waals surface area (Å²) in [7, 11) is 0. The van der Waals surface area contributed by atoms with Crippen molar-refractivity contribution in [2.75, 3.05) is 6.61 Å². The molecule has 0 fully saturated rings. The van der Waals surface area contributed by atoms with E-state index >= 15 is 0 Å². The second-order valence-electron chi connectivity index (χ2n) is 4.58. The van der Waals surface area contributed by atoms with Gasteiger partial charge in [0.15, 0.2) is 5.76 Å². The fourth-order valence-electron chi connectivity index (χ4n) is 2.14. The SMILES string of the molecule is CCOc1ccc(C(=O)c2cc3cc(Cl)ccc3o2)cc1. The monoisotopic (exact) mass is 300 g/mol. The van der Waals surface area contributed by atoms with Crippen LogP contribution in [0.5, 0.6) is 5.75 Å². The van der Waals surface area contributed by atoms with Gasteiger partial charge in [-0.1, -0.05) is 11.6 Å². The molecule has 106 valence electrons. The van der Waals surface area contributed by atoms with E-state index < -0.39 is 0 Å². The maximum absolute atomic E-state index is 12.4. The summed E-state index contributed by atoms with van der Waals surface area (Å²) in [6, 6.07) is 14.0. The van der Waals surface area contributed by atoms with E-state index in [4.69, 9.17) is 20.8 Å². The second-order valence-corrected chi connectivity index (χ2v) is 5.02. The molecule has 0 amide bonds. The highest BCUT2D eigenvalue weighted by Gasteiger charge is 2.14. The zero-order chi connectivity index (χ0) is 14.8. The number of halogens is 1. The van der Waals surface area contributed by atoms with Crippen LogP contribution in [0.15, 0.2) is 52.9 Å². The van der Waals surface area contributed by atoms with Crippen LogP contribution in [0.1, 0.15) is 23.0 Å². The van der Waals surface area contributed by atoms with Gasteiger partial charge in [-0.2, -0.15) is 0 Å². The van der Waals surface area contributed by atoms with Crippen LogP contribution < -0.4 is 4.74 Å². The normalized spacial score (nSPS) is 10.8. The van der Waals surface area contributed by atoms with Crippen LogP contribution in [0.25, 0.3) is 11.0 Å². The predicted octanol–water partition coefficient (Wildman–Crippen LogP) is 4.72. The van der Waals surface area contributed by atoms with Crippen LogP contribution >= 0.6 is 11.6 Å². The summed E-state index contributed by atoms with van der Waals surface area (Å²) < 4.78 is 10.9. The molecule has 0 aliphatic heterocycles. The summed E-state index contributed by atoms with van der Waals surface area (Å²) >= 11 is 5.93. The molecule has 0 saturated heterocycles. The lowest BCUT2D eigenvalue weighted by Gasteiger charge is -2.03. The van der Waals surface area contributed by atoms with Gasteiger partial charge in [0, 0.05) is 16.0 Å². The van der Waals surface area contributed by atoms with Crippen molar-refractivity contribution in [1.82, 2.24) is 0 Å². The molecule has 0 unspecified atom stereocenters.